The lowest BCUT2D eigenvalue weighted by molar-refractivity contribution is -0.149. The average Bonchev–Trinajstić information content (AvgIpc) is 2.21. The van der Waals surface area contributed by atoms with Gasteiger partial charge in [0, 0.05) is 14.2 Å². The number of rotatable bonds is 3. The number of methoxy groups -OCH3 is 2. The first-order chi connectivity index (χ1) is 6.96. The van der Waals surface area contributed by atoms with Crippen molar-refractivity contribution in [1.29, 1.82) is 0 Å². The number of hydrogen-bond donors (Lipinski definition) is 0. The van der Waals surface area contributed by atoms with Gasteiger partial charge in [-0.1, -0.05) is 13.8 Å². The largest absolute Gasteiger partial charge is 0.346 e. The first-order valence-electron chi connectivity index (χ1n) is 5.03. The Morgan fingerprint density at radius 3 is 2.20 bits per heavy atom. The fourth-order valence-electron chi connectivity index (χ4n) is 1.80. The second-order valence-corrected chi connectivity index (χ2v) is 4.02. The number of hydrogen-bond acceptors (Lipinski definition) is 3. The van der Waals surface area contributed by atoms with Crippen LogP contribution in [0.25, 0.3) is 0 Å². The van der Waals surface area contributed by atoms with E-state index in [0.717, 1.165) is 5.57 Å². The highest BCUT2D eigenvalue weighted by atomic mass is 16.7. The fraction of sp³-hybridized carbons (Fsp3) is 0.583. The van der Waals surface area contributed by atoms with Crippen molar-refractivity contribution >= 4 is 5.78 Å². The highest BCUT2D eigenvalue weighted by molar-refractivity contribution is 6.05. The van der Waals surface area contributed by atoms with Crippen molar-refractivity contribution in [1.82, 2.24) is 0 Å². The molecule has 0 saturated heterocycles. The molecule has 3 nitrogen and oxygen atoms in total. The SMILES string of the molecule is COC1(OC)C=C(C)C(=O)C=C1C(C)C. The number of carbonyl (C=O) groups is 1. The molecule has 0 fully saturated rings. The summed E-state index contributed by atoms with van der Waals surface area (Å²) in [7, 11) is 3.17. The van der Waals surface area contributed by atoms with Crippen LogP contribution in [0, 0.1) is 5.92 Å². The van der Waals surface area contributed by atoms with Crippen molar-refractivity contribution in [2.45, 2.75) is 26.6 Å². The van der Waals surface area contributed by atoms with E-state index in [4.69, 9.17) is 9.47 Å². The Morgan fingerprint density at radius 1 is 1.27 bits per heavy atom. The van der Waals surface area contributed by atoms with Gasteiger partial charge in [-0.05, 0) is 36.1 Å². The molecule has 1 aliphatic rings. The number of carbonyl (C=O) groups excluding carboxylic acids is 1. The van der Waals surface area contributed by atoms with Gasteiger partial charge in [0.25, 0.3) is 0 Å². The van der Waals surface area contributed by atoms with Crippen LogP contribution in [-0.2, 0) is 14.3 Å². The van der Waals surface area contributed by atoms with E-state index in [1.807, 2.05) is 13.8 Å². The zero-order valence-corrected chi connectivity index (χ0v) is 9.96. The van der Waals surface area contributed by atoms with Crippen molar-refractivity contribution < 1.29 is 14.3 Å². The monoisotopic (exact) mass is 210 g/mol. The van der Waals surface area contributed by atoms with Crippen molar-refractivity contribution in [3.05, 3.63) is 23.3 Å². The van der Waals surface area contributed by atoms with Crippen LogP contribution < -0.4 is 0 Å². The minimum Gasteiger partial charge on any atom is -0.346 e. The lowest BCUT2D eigenvalue weighted by Gasteiger charge is -2.35. The van der Waals surface area contributed by atoms with Gasteiger partial charge in [0.05, 0.1) is 0 Å². The molecule has 0 atom stereocenters. The Labute approximate surface area is 90.8 Å². The summed E-state index contributed by atoms with van der Waals surface area (Å²) in [5, 5.41) is 0. The summed E-state index contributed by atoms with van der Waals surface area (Å²) < 4.78 is 10.8. The first-order valence-corrected chi connectivity index (χ1v) is 5.03. The second kappa shape index (κ2) is 4.29. The van der Waals surface area contributed by atoms with Crippen LogP contribution in [0.5, 0.6) is 0 Å². The van der Waals surface area contributed by atoms with Gasteiger partial charge >= 0.3 is 0 Å². The molecule has 3 heteroatoms. The van der Waals surface area contributed by atoms with Crippen molar-refractivity contribution in [3.8, 4) is 0 Å². The van der Waals surface area contributed by atoms with Crippen LogP contribution >= 0.6 is 0 Å². The molecule has 0 saturated carbocycles. The van der Waals surface area contributed by atoms with Crippen molar-refractivity contribution in [2.24, 2.45) is 5.92 Å². The van der Waals surface area contributed by atoms with E-state index >= 15 is 0 Å². The second-order valence-electron chi connectivity index (χ2n) is 4.02. The average molecular weight is 210 g/mol. The van der Waals surface area contributed by atoms with E-state index < -0.39 is 5.79 Å². The molecular formula is C12H18O3. The zero-order valence-electron chi connectivity index (χ0n) is 9.96. The van der Waals surface area contributed by atoms with Crippen molar-refractivity contribution in [3.63, 3.8) is 0 Å². The molecule has 0 amide bonds. The maximum atomic E-state index is 11.6. The number of allylic oxidation sites excluding steroid dienone is 2. The third-order valence-electron chi connectivity index (χ3n) is 2.71. The Morgan fingerprint density at radius 2 is 1.80 bits per heavy atom. The zero-order chi connectivity index (χ0) is 11.6. The van der Waals surface area contributed by atoms with E-state index in [9.17, 15) is 4.79 Å². The number of ketones is 1. The molecule has 0 N–H and O–H groups in total. The maximum Gasteiger partial charge on any atom is 0.211 e. The summed E-state index contributed by atoms with van der Waals surface area (Å²) in [6.07, 6.45) is 3.36. The molecule has 0 spiro atoms. The molecule has 0 bridgehead atoms. The molecule has 0 aromatic heterocycles. The summed E-state index contributed by atoms with van der Waals surface area (Å²) in [6, 6.07) is 0. The van der Waals surface area contributed by atoms with E-state index in [1.54, 1.807) is 33.3 Å². The Kier molecular flexibility index (Phi) is 3.47. The van der Waals surface area contributed by atoms with Gasteiger partial charge in [0.2, 0.25) is 5.79 Å². The third-order valence-corrected chi connectivity index (χ3v) is 2.71. The normalized spacial score (nSPS) is 20.3. The van der Waals surface area contributed by atoms with E-state index in [1.165, 1.54) is 0 Å². The minimum atomic E-state index is -0.869. The molecule has 0 radical (unpaired) electrons. The Balaban J connectivity index is 3.22. The smallest absolute Gasteiger partial charge is 0.211 e. The lowest BCUT2D eigenvalue weighted by Crippen LogP contribution is -2.39. The highest BCUT2D eigenvalue weighted by Gasteiger charge is 2.37. The summed E-state index contributed by atoms with van der Waals surface area (Å²) >= 11 is 0. The van der Waals surface area contributed by atoms with E-state index in [2.05, 4.69) is 0 Å². The molecule has 1 rings (SSSR count). The van der Waals surface area contributed by atoms with E-state index in [-0.39, 0.29) is 11.7 Å². The first kappa shape index (κ1) is 12.1. The number of ether oxygens (including phenoxy) is 2. The lowest BCUT2D eigenvalue weighted by atomic mass is 9.86. The Hall–Kier alpha value is -0.930. The molecular weight excluding hydrogens is 192 g/mol. The quantitative estimate of drug-likeness (QED) is 0.669. The van der Waals surface area contributed by atoms with Gasteiger partial charge in [-0.3, -0.25) is 4.79 Å². The highest BCUT2D eigenvalue weighted by Crippen LogP contribution is 2.34. The molecule has 0 aromatic rings. The van der Waals surface area contributed by atoms with Gasteiger partial charge in [0.1, 0.15) is 0 Å². The molecule has 0 unspecified atom stereocenters. The van der Waals surface area contributed by atoms with Crippen LogP contribution in [0.3, 0.4) is 0 Å². The fourth-order valence-corrected chi connectivity index (χ4v) is 1.80. The summed E-state index contributed by atoms with van der Waals surface area (Å²) in [4.78, 5) is 11.6. The predicted octanol–water partition coefficient (Wildman–Crippen LogP) is 2.09. The van der Waals surface area contributed by atoms with Crippen molar-refractivity contribution in [2.75, 3.05) is 14.2 Å². The van der Waals surface area contributed by atoms with Gasteiger partial charge in [-0.15, -0.1) is 0 Å². The van der Waals surface area contributed by atoms with Crippen LogP contribution in [0.2, 0.25) is 0 Å². The predicted molar refractivity (Wildman–Crippen MR) is 58.4 cm³/mol. The van der Waals surface area contributed by atoms with E-state index in [0.29, 0.717) is 5.57 Å². The summed E-state index contributed by atoms with van der Waals surface area (Å²) in [5.41, 5.74) is 1.52. The van der Waals surface area contributed by atoms with Gasteiger partial charge in [-0.25, -0.2) is 0 Å². The van der Waals surface area contributed by atoms with Crippen LogP contribution in [0.1, 0.15) is 20.8 Å². The van der Waals surface area contributed by atoms with Crippen LogP contribution in [0.4, 0.5) is 0 Å². The summed E-state index contributed by atoms with van der Waals surface area (Å²) in [6.45, 7) is 5.80. The van der Waals surface area contributed by atoms with Crippen LogP contribution in [-0.4, -0.2) is 25.8 Å². The molecule has 0 heterocycles. The summed E-state index contributed by atoms with van der Waals surface area (Å²) in [5.74, 6) is -0.631. The van der Waals surface area contributed by atoms with Gasteiger partial charge < -0.3 is 9.47 Å². The minimum absolute atomic E-state index is 0.0309. The third kappa shape index (κ3) is 2.03. The molecule has 84 valence electrons. The topological polar surface area (TPSA) is 35.5 Å². The standard InChI is InChI=1S/C12H18O3/c1-8(2)10-6-11(13)9(3)7-12(10,14-4)15-5/h6-8H,1-5H3. The molecule has 0 aromatic carbocycles. The molecule has 1 aliphatic carbocycles. The van der Waals surface area contributed by atoms with Gasteiger partial charge in [0.15, 0.2) is 5.78 Å². The molecule has 0 aliphatic heterocycles. The molecule has 15 heavy (non-hydrogen) atoms. The Bertz CT molecular complexity index is 320. The van der Waals surface area contributed by atoms with Crippen LogP contribution in [0.15, 0.2) is 23.3 Å². The van der Waals surface area contributed by atoms with Gasteiger partial charge in [-0.2, -0.15) is 0 Å². The maximum absolute atomic E-state index is 11.6.